The Balaban J connectivity index is 2.13. The predicted molar refractivity (Wildman–Crippen MR) is 74.8 cm³/mol. The van der Waals surface area contributed by atoms with Gasteiger partial charge in [0.15, 0.2) is 0 Å². The molecule has 17 heavy (non-hydrogen) atoms. The van der Waals surface area contributed by atoms with Gasteiger partial charge in [0.2, 0.25) is 0 Å². The maximum atomic E-state index is 2.45. The van der Waals surface area contributed by atoms with Gasteiger partial charge in [-0.3, -0.25) is 0 Å². The van der Waals surface area contributed by atoms with Gasteiger partial charge in [0.1, 0.15) is 0 Å². The van der Waals surface area contributed by atoms with Crippen LogP contribution >= 0.6 is 11.3 Å². The summed E-state index contributed by atoms with van der Waals surface area (Å²) in [6, 6.07) is 8.91. The Hall–Kier alpha value is -1.08. The maximum absolute atomic E-state index is 2.45. The summed E-state index contributed by atoms with van der Waals surface area (Å²) in [6.07, 6.45) is 6.21. The molecule has 0 N–H and O–H groups in total. The summed E-state index contributed by atoms with van der Waals surface area (Å²) in [7, 11) is 0. The van der Waals surface area contributed by atoms with Crippen molar-refractivity contribution in [3.63, 3.8) is 0 Å². The molecule has 1 heterocycles. The van der Waals surface area contributed by atoms with Gasteiger partial charge in [-0.15, -0.1) is 11.3 Å². The molecule has 0 nitrogen and oxygen atoms in total. The highest BCUT2D eigenvalue weighted by Crippen LogP contribution is 2.56. The molecule has 0 saturated carbocycles. The van der Waals surface area contributed by atoms with Crippen molar-refractivity contribution in [1.29, 1.82) is 0 Å². The van der Waals surface area contributed by atoms with E-state index in [1.807, 2.05) is 11.3 Å². The molecular weight excluding hydrogens is 224 g/mol. The van der Waals surface area contributed by atoms with Gasteiger partial charge in [-0.25, -0.2) is 0 Å². The first-order valence-electron chi connectivity index (χ1n) is 6.38. The molecule has 0 amide bonds. The molecular formula is C16H16S. The molecule has 0 aliphatic heterocycles. The average Bonchev–Trinajstić information content (AvgIpc) is 2.91. The van der Waals surface area contributed by atoms with Crippen LogP contribution in [0.2, 0.25) is 0 Å². The minimum absolute atomic E-state index is 0.304. The lowest BCUT2D eigenvalue weighted by Crippen LogP contribution is -2.30. The molecule has 0 spiro atoms. The normalized spacial score (nSPS) is 28.6. The van der Waals surface area contributed by atoms with Crippen molar-refractivity contribution in [2.24, 2.45) is 5.92 Å². The fourth-order valence-electron chi connectivity index (χ4n) is 3.60. The van der Waals surface area contributed by atoms with E-state index in [9.17, 15) is 0 Å². The van der Waals surface area contributed by atoms with E-state index in [4.69, 9.17) is 0 Å². The summed E-state index contributed by atoms with van der Waals surface area (Å²) in [4.78, 5) is 1.63. The highest BCUT2D eigenvalue weighted by Gasteiger charge is 2.43. The monoisotopic (exact) mass is 240 g/mol. The van der Waals surface area contributed by atoms with E-state index in [2.05, 4.69) is 50.3 Å². The van der Waals surface area contributed by atoms with E-state index in [1.165, 1.54) is 16.5 Å². The van der Waals surface area contributed by atoms with Crippen molar-refractivity contribution < 1.29 is 0 Å². The molecule has 1 heteroatoms. The van der Waals surface area contributed by atoms with Crippen molar-refractivity contribution >= 4 is 21.4 Å². The van der Waals surface area contributed by atoms with Crippen LogP contribution in [-0.4, -0.2) is 0 Å². The summed E-state index contributed by atoms with van der Waals surface area (Å²) < 4.78 is 1.46. The van der Waals surface area contributed by atoms with Crippen molar-refractivity contribution in [2.45, 2.75) is 31.6 Å². The van der Waals surface area contributed by atoms with Gasteiger partial charge in [-0.05, 0) is 34.8 Å². The number of allylic oxidation sites excluding steroid dienone is 2. The second-order valence-corrected chi connectivity index (χ2v) is 6.98. The largest absolute Gasteiger partial charge is 0.139 e. The minimum atomic E-state index is 0.304. The summed E-state index contributed by atoms with van der Waals surface area (Å²) in [5.41, 5.74) is 1.93. The maximum Gasteiger partial charge on any atom is 0.0348 e. The van der Waals surface area contributed by atoms with Crippen LogP contribution in [0.1, 0.15) is 36.6 Å². The van der Waals surface area contributed by atoms with Gasteiger partial charge in [0, 0.05) is 15.5 Å². The standard InChI is InChI=1S/C16H16S/c1-16(2)11-8-7-10(9-11)15-14(16)12-5-3-4-6-13(12)17-15/h3-8,10-11H,9H2,1-2H3. The van der Waals surface area contributed by atoms with E-state index >= 15 is 0 Å². The van der Waals surface area contributed by atoms with Gasteiger partial charge in [-0.2, -0.15) is 0 Å². The first-order chi connectivity index (χ1) is 8.18. The van der Waals surface area contributed by atoms with E-state index in [0.717, 1.165) is 5.92 Å². The first-order valence-corrected chi connectivity index (χ1v) is 7.20. The number of thiophene rings is 1. The second-order valence-electron chi connectivity index (χ2n) is 5.89. The number of rotatable bonds is 0. The van der Waals surface area contributed by atoms with Crippen LogP contribution < -0.4 is 0 Å². The zero-order chi connectivity index (χ0) is 11.6. The average molecular weight is 240 g/mol. The molecule has 4 rings (SSSR count). The molecule has 86 valence electrons. The highest BCUT2D eigenvalue weighted by atomic mass is 32.1. The third kappa shape index (κ3) is 1.13. The minimum Gasteiger partial charge on any atom is -0.139 e. The lowest BCUT2D eigenvalue weighted by Gasteiger charge is -2.37. The summed E-state index contributed by atoms with van der Waals surface area (Å²) in [6.45, 7) is 4.84. The molecule has 0 radical (unpaired) electrons. The van der Waals surface area contributed by atoms with Crippen molar-refractivity contribution in [3.8, 4) is 0 Å². The topological polar surface area (TPSA) is 0 Å². The van der Waals surface area contributed by atoms with Gasteiger partial charge in [0.05, 0.1) is 0 Å². The first kappa shape index (κ1) is 9.90. The molecule has 0 fully saturated rings. The number of hydrogen-bond donors (Lipinski definition) is 0. The smallest absolute Gasteiger partial charge is 0.0348 e. The molecule has 1 aromatic carbocycles. The fraction of sp³-hybridized carbons (Fsp3) is 0.375. The van der Waals surface area contributed by atoms with Crippen LogP contribution in [0.3, 0.4) is 0 Å². The van der Waals surface area contributed by atoms with Crippen LogP contribution in [0.15, 0.2) is 36.4 Å². The summed E-state index contributed by atoms with van der Waals surface area (Å²) >= 11 is 2.01. The van der Waals surface area contributed by atoms with E-state index in [-0.39, 0.29) is 0 Å². The number of fused-ring (bicyclic) bond motifs is 6. The molecule has 2 aromatic rings. The van der Waals surface area contributed by atoms with Crippen molar-refractivity contribution in [1.82, 2.24) is 0 Å². The van der Waals surface area contributed by atoms with Crippen molar-refractivity contribution in [2.75, 3.05) is 0 Å². The quantitative estimate of drug-likeness (QED) is 0.577. The van der Waals surface area contributed by atoms with Gasteiger partial charge in [-0.1, -0.05) is 44.2 Å². The summed E-state index contributed by atoms with van der Waals surface area (Å²) in [5, 5.41) is 1.50. The van der Waals surface area contributed by atoms with E-state index in [0.29, 0.717) is 11.3 Å². The molecule has 0 saturated heterocycles. The highest BCUT2D eigenvalue weighted by molar-refractivity contribution is 7.19. The zero-order valence-electron chi connectivity index (χ0n) is 10.2. The third-order valence-electron chi connectivity index (χ3n) is 4.61. The fourth-order valence-corrected chi connectivity index (χ4v) is 5.07. The van der Waals surface area contributed by atoms with Crippen molar-refractivity contribution in [3.05, 3.63) is 46.9 Å². The zero-order valence-corrected chi connectivity index (χ0v) is 11.1. The van der Waals surface area contributed by atoms with Crippen LogP contribution in [-0.2, 0) is 5.41 Å². The molecule has 1 aromatic heterocycles. The molecule has 2 unspecified atom stereocenters. The number of hydrogen-bond acceptors (Lipinski definition) is 1. The Bertz CT molecular complexity index is 630. The molecule has 2 aliphatic carbocycles. The Morgan fingerprint density at radius 3 is 2.88 bits per heavy atom. The Morgan fingerprint density at radius 2 is 2.00 bits per heavy atom. The predicted octanol–water partition coefficient (Wildman–Crippen LogP) is 4.85. The van der Waals surface area contributed by atoms with E-state index < -0.39 is 0 Å². The molecule has 2 atom stereocenters. The summed E-state index contributed by atoms with van der Waals surface area (Å²) in [5.74, 6) is 1.43. The van der Waals surface area contributed by atoms with Crippen LogP contribution in [0.4, 0.5) is 0 Å². The lowest BCUT2D eigenvalue weighted by atomic mass is 9.67. The third-order valence-corrected chi connectivity index (χ3v) is 5.92. The lowest BCUT2D eigenvalue weighted by molar-refractivity contribution is 0.348. The van der Waals surface area contributed by atoms with E-state index in [1.54, 1.807) is 10.4 Å². The number of benzene rings is 1. The van der Waals surface area contributed by atoms with Gasteiger partial charge >= 0.3 is 0 Å². The van der Waals surface area contributed by atoms with Gasteiger partial charge in [0.25, 0.3) is 0 Å². The Labute approximate surface area is 106 Å². The Morgan fingerprint density at radius 1 is 1.18 bits per heavy atom. The molecule has 2 aliphatic rings. The van der Waals surface area contributed by atoms with Crippen LogP contribution in [0, 0.1) is 5.92 Å². The Kier molecular flexibility index (Phi) is 1.76. The van der Waals surface area contributed by atoms with Crippen LogP contribution in [0.5, 0.6) is 0 Å². The van der Waals surface area contributed by atoms with Gasteiger partial charge < -0.3 is 0 Å². The van der Waals surface area contributed by atoms with Crippen LogP contribution in [0.25, 0.3) is 10.1 Å². The SMILES string of the molecule is CC1(C)c2c(sc3ccccc23)C2C=CC1C2. The molecule has 2 bridgehead atoms. The second kappa shape index (κ2) is 3.02.